The molecular formula is C18H21Br3MgO3. The minimum atomic E-state index is -0.735. The molecule has 0 amide bonds. The molecule has 3 nitrogen and oxygen atoms in total. The molecule has 1 N–H and O–H groups in total. The first kappa shape index (κ1) is 29.8. The SMILES string of the molecule is CC(C)(O)c1ccc(Br)cc1.COC(=O)c1ccc(Br)cc1.[Br-].[CH3-].[Mg+2]. The maximum atomic E-state index is 10.9. The fourth-order valence-electron chi connectivity index (χ4n) is 1.56. The molecule has 0 atom stereocenters. The molecule has 0 unspecified atom stereocenters. The molecule has 0 heterocycles. The summed E-state index contributed by atoms with van der Waals surface area (Å²) in [6.07, 6.45) is 0. The maximum absolute atomic E-state index is 10.9. The topological polar surface area (TPSA) is 46.5 Å². The fourth-order valence-corrected chi connectivity index (χ4v) is 2.09. The van der Waals surface area contributed by atoms with Crippen LogP contribution in [0.4, 0.5) is 0 Å². The molecule has 134 valence electrons. The Morgan fingerprint density at radius 2 is 1.32 bits per heavy atom. The van der Waals surface area contributed by atoms with Gasteiger partial charge in [-0.05, 0) is 55.8 Å². The molecule has 0 spiro atoms. The normalized spacial score (nSPS) is 9.20. The van der Waals surface area contributed by atoms with Crippen LogP contribution in [-0.4, -0.2) is 41.2 Å². The minimum Gasteiger partial charge on any atom is -1.00 e. The van der Waals surface area contributed by atoms with Gasteiger partial charge in [0.25, 0.3) is 0 Å². The Morgan fingerprint density at radius 1 is 0.960 bits per heavy atom. The molecule has 25 heavy (non-hydrogen) atoms. The summed E-state index contributed by atoms with van der Waals surface area (Å²) in [4.78, 5) is 10.9. The van der Waals surface area contributed by atoms with Crippen LogP contribution in [-0.2, 0) is 10.3 Å². The van der Waals surface area contributed by atoms with Gasteiger partial charge in [0, 0.05) is 8.95 Å². The molecule has 0 saturated carbocycles. The third kappa shape index (κ3) is 11.4. The summed E-state index contributed by atoms with van der Waals surface area (Å²) in [5.74, 6) is -0.308. The smallest absolute Gasteiger partial charge is 1.00 e. The number of ether oxygens (including phenoxy) is 1. The van der Waals surface area contributed by atoms with E-state index >= 15 is 0 Å². The second-order valence-corrected chi connectivity index (χ2v) is 6.90. The van der Waals surface area contributed by atoms with E-state index in [2.05, 4.69) is 36.6 Å². The first-order valence-corrected chi connectivity index (χ1v) is 8.15. The van der Waals surface area contributed by atoms with Crippen LogP contribution in [0.25, 0.3) is 0 Å². The van der Waals surface area contributed by atoms with Gasteiger partial charge in [-0.3, -0.25) is 0 Å². The van der Waals surface area contributed by atoms with Crippen LogP contribution < -0.4 is 17.0 Å². The summed E-state index contributed by atoms with van der Waals surface area (Å²) in [6.45, 7) is 3.55. The van der Waals surface area contributed by atoms with Gasteiger partial charge in [-0.25, -0.2) is 4.79 Å². The van der Waals surface area contributed by atoms with Gasteiger partial charge in [-0.1, -0.05) is 44.0 Å². The number of aliphatic hydroxyl groups is 1. The Labute approximate surface area is 193 Å². The molecule has 0 saturated heterocycles. The molecule has 0 bridgehead atoms. The van der Waals surface area contributed by atoms with Gasteiger partial charge >= 0.3 is 29.0 Å². The van der Waals surface area contributed by atoms with E-state index in [0.29, 0.717) is 5.56 Å². The summed E-state index contributed by atoms with van der Waals surface area (Å²) >= 11 is 6.59. The standard InChI is InChI=1S/C9H11BrO.C8H7BrO2.CH3.BrH.Mg/c1-9(2,11)7-3-5-8(10)6-4-7;1-11-8(10)6-2-4-7(9)5-3-6;;;/h3-6,11H,1-2H3;2-5H,1H3;1H3;1H;/q;;-1;;+2/p-1. The number of hydrogen-bond acceptors (Lipinski definition) is 3. The van der Waals surface area contributed by atoms with Gasteiger partial charge in [0.15, 0.2) is 0 Å². The zero-order valence-corrected chi connectivity index (χ0v) is 20.9. The van der Waals surface area contributed by atoms with Crippen molar-refractivity contribution in [3.63, 3.8) is 0 Å². The first-order valence-electron chi connectivity index (χ1n) is 6.56. The second kappa shape index (κ2) is 14.2. The van der Waals surface area contributed by atoms with Crippen LogP contribution in [0.5, 0.6) is 0 Å². The third-order valence-corrected chi connectivity index (χ3v) is 3.87. The van der Waals surface area contributed by atoms with Crippen LogP contribution in [0.2, 0.25) is 0 Å². The van der Waals surface area contributed by atoms with E-state index in [1.807, 2.05) is 24.3 Å². The zero-order valence-electron chi connectivity index (χ0n) is 14.7. The van der Waals surface area contributed by atoms with Gasteiger partial charge in [0.05, 0.1) is 18.3 Å². The van der Waals surface area contributed by atoms with E-state index in [1.165, 1.54) is 7.11 Å². The fraction of sp³-hybridized carbons (Fsp3) is 0.222. The summed E-state index contributed by atoms with van der Waals surface area (Å²) in [7, 11) is 1.37. The number of carbonyl (C=O) groups is 1. The van der Waals surface area contributed by atoms with Crippen molar-refractivity contribution in [2.24, 2.45) is 0 Å². The summed E-state index contributed by atoms with van der Waals surface area (Å²) in [6, 6.07) is 14.7. The number of esters is 1. The van der Waals surface area contributed by atoms with E-state index < -0.39 is 5.60 Å². The average Bonchev–Trinajstić information content (AvgIpc) is 2.47. The van der Waals surface area contributed by atoms with Gasteiger partial charge in [0.2, 0.25) is 0 Å². The molecule has 0 aliphatic carbocycles. The number of rotatable bonds is 2. The Kier molecular flexibility index (Phi) is 16.9. The number of halogens is 3. The zero-order chi connectivity index (χ0) is 16.8. The number of methoxy groups -OCH3 is 1. The van der Waals surface area contributed by atoms with Crippen LogP contribution in [0.3, 0.4) is 0 Å². The number of hydrogen-bond donors (Lipinski definition) is 1. The third-order valence-electron chi connectivity index (χ3n) is 2.82. The van der Waals surface area contributed by atoms with E-state index in [9.17, 15) is 9.90 Å². The Morgan fingerprint density at radius 3 is 1.64 bits per heavy atom. The molecule has 0 aromatic heterocycles. The van der Waals surface area contributed by atoms with Gasteiger partial charge < -0.3 is 34.3 Å². The molecule has 0 aliphatic heterocycles. The van der Waals surface area contributed by atoms with Crippen molar-refractivity contribution in [2.45, 2.75) is 19.4 Å². The Hall–Kier alpha value is 0.0762. The molecule has 0 fully saturated rings. The quantitative estimate of drug-likeness (QED) is 0.355. The van der Waals surface area contributed by atoms with Crippen molar-refractivity contribution >= 4 is 60.9 Å². The monoisotopic (exact) mass is 546 g/mol. The molecular weight excluding hydrogens is 528 g/mol. The van der Waals surface area contributed by atoms with Gasteiger partial charge in [-0.2, -0.15) is 0 Å². The predicted molar refractivity (Wildman–Crippen MR) is 107 cm³/mol. The number of carbonyl (C=O) groups excluding carboxylic acids is 1. The van der Waals surface area contributed by atoms with Crippen molar-refractivity contribution in [1.82, 2.24) is 0 Å². The summed E-state index contributed by atoms with van der Waals surface area (Å²) in [5, 5.41) is 9.56. The molecule has 0 aliphatic rings. The van der Waals surface area contributed by atoms with Crippen LogP contribution in [0, 0.1) is 7.43 Å². The average molecular weight is 549 g/mol. The summed E-state index contributed by atoms with van der Waals surface area (Å²) < 4.78 is 6.50. The van der Waals surface area contributed by atoms with E-state index in [-0.39, 0.29) is 53.4 Å². The number of benzene rings is 2. The van der Waals surface area contributed by atoms with Crippen molar-refractivity contribution in [3.8, 4) is 0 Å². The largest absolute Gasteiger partial charge is 2.00 e. The van der Waals surface area contributed by atoms with E-state index in [0.717, 1.165) is 14.5 Å². The molecule has 2 aromatic carbocycles. The van der Waals surface area contributed by atoms with Gasteiger partial charge in [-0.15, -0.1) is 0 Å². The Bertz CT molecular complexity index is 609. The molecule has 7 heteroatoms. The minimum absolute atomic E-state index is 0. The van der Waals surface area contributed by atoms with Gasteiger partial charge in [0.1, 0.15) is 0 Å². The maximum Gasteiger partial charge on any atom is 2.00 e. The molecule has 2 rings (SSSR count). The summed E-state index contributed by atoms with van der Waals surface area (Å²) in [5.41, 5.74) is 0.761. The van der Waals surface area contributed by atoms with Crippen molar-refractivity contribution in [1.29, 1.82) is 0 Å². The van der Waals surface area contributed by atoms with Crippen molar-refractivity contribution < 1.29 is 31.6 Å². The first-order chi connectivity index (χ1) is 10.2. The van der Waals surface area contributed by atoms with Crippen LogP contribution in [0.1, 0.15) is 29.8 Å². The molecule has 0 radical (unpaired) electrons. The van der Waals surface area contributed by atoms with E-state index in [1.54, 1.807) is 38.1 Å². The Balaban J connectivity index is -0.000000346. The predicted octanol–water partition coefficient (Wildman–Crippen LogP) is 1.99. The molecule has 2 aromatic rings. The second-order valence-electron chi connectivity index (χ2n) is 5.06. The van der Waals surface area contributed by atoms with Crippen LogP contribution >= 0.6 is 31.9 Å². The van der Waals surface area contributed by atoms with E-state index in [4.69, 9.17) is 0 Å². The van der Waals surface area contributed by atoms with Crippen LogP contribution in [0.15, 0.2) is 57.5 Å². The van der Waals surface area contributed by atoms with Crippen molar-refractivity contribution in [2.75, 3.05) is 7.11 Å². The van der Waals surface area contributed by atoms with Crippen molar-refractivity contribution in [3.05, 3.63) is 76.0 Å².